The normalized spacial score (nSPS) is 10.8. The number of fused-ring (bicyclic) bond motifs is 1. The number of aromatic nitrogens is 4. The Hall–Kier alpha value is -3.54. The lowest BCUT2D eigenvalue weighted by atomic mass is 10.0. The van der Waals surface area contributed by atoms with Crippen LogP contribution in [-0.2, 0) is 0 Å². The molecule has 0 saturated carbocycles. The van der Waals surface area contributed by atoms with Crippen molar-refractivity contribution in [2.75, 3.05) is 5.32 Å². The van der Waals surface area contributed by atoms with Crippen LogP contribution < -0.4 is 10.9 Å². The van der Waals surface area contributed by atoms with E-state index in [1.54, 1.807) is 6.92 Å². The van der Waals surface area contributed by atoms with Gasteiger partial charge in [0.1, 0.15) is 0 Å². The van der Waals surface area contributed by atoms with Gasteiger partial charge in [-0.2, -0.15) is 0 Å². The zero-order valence-corrected chi connectivity index (χ0v) is 14.4. The minimum atomic E-state index is -0.210. The Kier molecular flexibility index (Phi) is 3.93. The van der Waals surface area contributed by atoms with Gasteiger partial charge in [0, 0.05) is 22.7 Å². The van der Waals surface area contributed by atoms with Gasteiger partial charge in [-0.05, 0) is 37.1 Å². The van der Waals surface area contributed by atoms with Crippen molar-refractivity contribution in [3.05, 3.63) is 76.2 Å². The van der Waals surface area contributed by atoms with Gasteiger partial charge in [0.05, 0.1) is 5.52 Å². The molecule has 0 fully saturated rings. The van der Waals surface area contributed by atoms with Crippen molar-refractivity contribution in [3.63, 3.8) is 0 Å². The van der Waals surface area contributed by atoms with Gasteiger partial charge in [-0.15, -0.1) is 10.2 Å². The van der Waals surface area contributed by atoms with Crippen LogP contribution in [0.5, 0.6) is 0 Å². The predicted molar refractivity (Wildman–Crippen MR) is 103 cm³/mol. The van der Waals surface area contributed by atoms with Gasteiger partial charge in [0.15, 0.2) is 5.82 Å². The summed E-state index contributed by atoms with van der Waals surface area (Å²) in [6.07, 6.45) is 0. The summed E-state index contributed by atoms with van der Waals surface area (Å²) in [5, 5.41) is 12.6. The van der Waals surface area contributed by atoms with Crippen LogP contribution in [0.1, 0.15) is 11.3 Å². The van der Waals surface area contributed by atoms with E-state index in [1.807, 2.05) is 37.3 Å². The Bertz CT molecular complexity index is 1150. The lowest BCUT2D eigenvalue weighted by molar-refractivity contribution is 1.03. The Labute approximate surface area is 150 Å². The van der Waals surface area contributed by atoms with Gasteiger partial charge < -0.3 is 5.32 Å². The highest BCUT2D eigenvalue weighted by molar-refractivity contribution is 5.89. The van der Waals surface area contributed by atoms with Crippen LogP contribution in [0.4, 0.5) is 11.8 Å². The van der Waals surface area contributed by atoms with E-state index >= 15 is 0 Å². The Morgan fingerprint density at radius 2 is 1.73 bits per heavy atom. The maximum atomic E-state index is 11.6. The van der Waals surface area contributed by atoms with Crippen molar-refractivity contribution in [1.29, 1.82) is 0 Å². The van der Waals surface area contributed by atoms with E-state index in [0.29, 0.717) is 17.5 Å². The molecule has 6 heteroatoms. The third-order valence-electron chi connectivity index (χ3n) is 4.23. The maximum Gasteiger partial charge on any atom is 0.252 e. The van der Waals surface area contributed by atoms with Crippen LogP contribution in [0.2, 0.25) is 0 Å². The lowest BCUT2D eigenvalue weighted by Gasteiger charge is -2.10. The first-order chi connectivity index (χ1) is 12.6. The number of aryl methyl sites for hydroxylation is 2. The summed E-state index contributed by atoms with van der Waals surface area (Å²) in [5.74, 6) is 0.919. The van der Waals surface area contributed by atoms with Crippen molar-refractivity contribution in [2.24, 2.45) is 0 Å². The number of aromatic amines is 1. The maximum absolute atomic E-state index is 11.6. The van der Waals surface area contributed by atoms with Crippen LogP contribution >= 0.6 is 0 Å². The molecular weight excluding hydrogens is 326 g/mol. The topological polar surface area (TPSA) is 83.6 Å². The van der Waals surface area contributed by atoms with E-state index in [4.69, 9.17) is 0 Å². The monoisotopic (exact) mass is 343 g/mol. The molecule has 0 atom stereocenters. The van der Waals surface area contributed by atoms with Crippen molar-refractivity contribution < 1.29 is 0 Å². The zero-order valence-electron chi connectivity index (χ0n) is 14.4. The smallest absolute Gasteiger partial charge is 0.252 e. The molecule has 128 valence electrons. The first-order valence-electron chi connectivity index (χ1n) is 8.27. The molecule has 0 aliphatic carbocycles. The molecule has 0 saturated heterocycles. The molecule has 2 heterocycles. The second kappa shape index (κ2) is 6.40. The fraction of sp³-hybridized carbons (Fsp3) is 0.100. The summed E-state index contributed by atoms with van der Waals surface area (Å²) >= 11 is 0. The van der Waals surface area contributed by atoms with Gasteiger partial charge in [0.25, 0.3) is 5.56 Å². The van der Waals surface area contributed by atoms with Crippen LogP contribution in [-0.4, -0.2) is 20.2 Å². The predicted octanol–water partition coefficient (Wildman–Crippen LogP) is 3.74. The minimum Gasteiger partial charge on any atom is -0.309 e. The number of hydrogen-bond acceptors (Lipinski definition) is 5. The van der Waals surface area contributed by atoms with Gasteiger partial charge in [-0.1, -0.05) is 36.4 Å². The van der Waals surface area contributed by atoms with Crippen LogP contribution in [0.25, 0.3) is 22.0 Å². The van der Waals surface area contributed by atoms with E-state index < -0.39 is 0 Å². The number of hydrogen-bond donors (Lipinski definition) is 2. The molecule has 26 heavy (non-hydrogen) atoms. The summed E-state index contributed by atoms with van der Waals surface area (Å²) in [6, 6.07) is 17.7. The molecule has 6 nitrogen and oxygen atoms in total. The summed E-state index contributed by atoms with van der Waals surface area (Å²) in [4.78, 5) is 18.6. The molecule has 0 aliphatic rings. The number of anilines is 2. The highest BCUT2D eigenvalue weighted by Crippen LogP contribution is 2.28. The lowest BCUT2D eigenvalue weighted by Crippen LogP contribution is -2.11. The minimum absolute atomic E-state index is 0.210. The van der Waals surface area contributed by atoms with E-state index in [1.165, 1.54) is 6.07 Å². The van der Waals surface area contributed by atoms with E-state index in [-0.39, 0.29) is 5.56 Å². The van der Waals surface area contributed by atoms with Crippen LogP contribution in [0.3, 0.4) is 0 Å². The number of nitrogens with zero attached hydrogens (tertiary/aromatic N) is 3. The SMILES string of the molecule is Cc1cc(=O)[nH]c(Nc2nnc3ccc(-c4ccccc4)cc3c2C)n1. The molecule has 0 amide bonds. The Balaban J connectivity index is 1.79. The van der Waals surface area contributed by atoms with Crippen LogP contribution in [0, 0.1) is 13.8 Å². The van der Waals surface area contributed by atoms with Crippen molar-refractivity contribution >= 4 is 22.7 Å². The third-order valence-corrected chi connectivity index (χ3v) is 4.23. The molecule has 0 radical (unpaired) electrons. The molecule has 0 aliphatic heterocycles. The molecular formula is C20H17N5O. The third kappa shape index (κ3) is 3.04. The quantitative estimate of drug-likeness (QED) is 0.592. The van der Waals surface area contributed by atoms with Gasteiger partial charge in [-0.3, -0.25) is 9.78 Å². The molecule has 0 unspecified atom stereocenters. The number of nitrogens with one attached hydrogen (secondary N) is 2. The zero-order chi connectivity index (χ0) is 18.1. The molecule has 2 aromatic heterocycles. The summed E-state index contributed by atoms with van der Waals surface area (Å²) in [6.45, 7) is 3.74. The molecule has 2 N–H and O–H groups in total. The second-order valence-electron chi connectivity index (χ2n) is 6.13. The van der Waals surface area contributed by atoms with Crippen molar-refractivity contribution in [2.45, 2.75) is 13.8 Å². The van der Waals surface area contributed by atoms with E-state index in [9.17, 15) is 4.79 Å². The summed E-state index contributed by atoms with van der Waals surface area (Å²) < 4.78 is 0. The van der Waals surface area contributed by atoms with Crippen molar-refractivity contribution in [3.8, 4) is 11.1 Å². The molecule has 0 bridgehead atoms. The first-order valence-corrected chi connectivity index (χ1v) is 8.27. The Morgan fingerprint density at radius 1 is 0.923 bits per heavy atom. The largest absolute Gasteiger partial charge is 0.309 e. The second-order valence-corrected chi connectivity index (χ2v) is 6.13. The first kappa shape index (κ1) is 16.0. The van der Waals surface area contributed by atoms with Gasteiger partial charge in [-0.25, -0.2) is 4.98 Å². The average Bonchev–Trinajstić information content (AvgIpc) is 2.64. The van der Waals surface area contributed by atoms with Crippen LogP contribution in [0.15, 0.2) is 59.4 Å². The number of H-pyrrole nitrogens is 1. The Morgan fingerprint density at radius 3 is 2.50 bits per heavy atom. The highest BCUT2D eigenvalue weighted by atomic mass is 16.1. The van der Waals surface area contributed by atoms with E-state index in [0.717, 1.165) is 27.6 Å². The summed E-state index contributed by atoms with van der Waals surface area (Å²) in [5.41, 5.74) is 4.44. The average molecular weight is 343 g/mol. The highest BCUT2D eigenvalue weighted by Gasteiger charge is 2.10. The molecule has 0 spiro atoms. The summed E-state index contributed by atoms with van der Waals surface area (Å²) in [7, 11) is 0. The fourth-order valence-electron chi connectivity index (χ4n) is 2.91. The molecule has 2 aromatic carbocycles. The van der Waals surface area contributed by atoms with Gasteiger partial charge in [0.2, 0.25) is 5.95 Å². The van der Waals surface area contributed by atoms with Gasteiger partial charge >= 0.3 is 0 Å². The number of rotatable bonds is 3. The molecule has 4 rings (SSSR count). The molecule has 4 aromatic rings. The van der Waals surface area contributed by atoms with Crippen molar-refractivity contribution in [1.82, 2.24) is 20.2 Å². The fourth-order valence-corrected chi connectivity index (χ4v) is 2.91. The number of benzene rings is 2. The van der Waals surface area contributed by atoms with E-state index in [2.05, 4.69) is 43.7 Å². The standard InChI is InChI=1S/C20H17N5O/c1-12-10-18(26)22-20(21-12)23-19-13(2)16-11-15(8-9-17(16)24-25-19)14-6-4-3-5-7-14/h3-11H,1-2H3,(H2,21,22,23,25,26).